The number of anilines is 1. The Bertz CT molecular complexity index is 397. The van der Waals surface area contributed by atoms with Crippen LogP contribution in [0.4, 0.5) is 5.69 Å². The fraction of sp³-hybridized carbons (Fsp3) is 0.182. The fourth-order valence-electron chi connectivity index (χ4n) is 1.43. The SMILES string of the molecule is C=CCOc1cc2c(cc1N)C=NC2. The highest BCUT2D eigenvalue weighted by molar-refractivity contribution is 5.86. The van der Waals surface area contributed by atoms with Gasteiger partial charge in [0.05, 0.1) is 12.2 Å². The molecule has 0 atom stereocenters. The maximum Gasteiger partial charge on any atom is 0.143 e. The van der Waals surface area contributed by atoms with Gasteiger partial charge in [-0.15, -0.1) is 0 Å². The number of aliphatic imine (C=N–C) groups is 1. The van der Waals surface area contributed by atoms with Crippen LogP contribution < -0.4 is 10.5 Å². The van der Waals surface area contributed by atoms with Crippen LogP contribution in [0.25, 0.3) is 0 Å². The van der Waals surface area contributed by atoms with E-state index in [9.17, 15) is 0 Å². The predicted octanol–water partition coefficient (Wildman–Crippen LogP) is 1.77. The second-order valence-electron chi connectivity index (χ2n) is 3.16. The van der Waals surface area contributed by atoms with Crippen molar-refractivity contribution >= 4 is 11.9 Å². The van der Waals surface area contributed by atoms with E-state index in [1.54, 1.807) is 6.08 Å². The number of benzene rings is 1. The number of hydrogen-bond donors (Lipinski definition) is 1. The van der Waals surface area contributed by atoms with Crippen LogP contribution in [0.1, 0.15) is 11.1 Å². The zero-order chi connectivity index (χ0) is 9.97. The quantitative estimate of drug-likeness (QED) is 0.580. The molecule has 0 bridgehead atoms. The summed E-state index contributed by atoms with van der Waals surface area (Å²) in [7, 11) is 0. The van der Waals surface area contributed by atoms with Crippen molar-refractivity contribution in [3.05, 3.63) is 35.9 Å². The molecule has 0 unspecified atom stereocenters. The molecule has 0 saturated carbocycles. The van der Waals surface area contributed by atoms with E-state index >= 15 is 0 Å². The lowest BCUT2D eigenvalue weighted by molar-refractivity contribution is 0.365. The third-order valence-corrected chi connectivity index (χ3v) is 2.12. The number of nitrogens with zero attached hydrogens (tertiary/aromatic N) is 1. The molecule has 1 aliphatic heterocycles. The van der Waals surface area contributed by atoms with E-state index < -0.39 is 0 Å². The van der Waals surface area contributed by atoms with E-state index in [0.717, 1.165) is 12.1 Å². The molecule has 0 aromatic heterocycles. The highest BCUT2D eigenvalue weighted by Gasteiger charge is 2.10. The van der Waals surface area contributed by atoms with Crippen LogP contribution >= 0.6 is 0 Å². The van der Waals surface area contributed by atoms with E-state index in [-0.39, 0.29) is 0 Å². The Morgan fingerprint density at radius 2 is 2.43 bits per heavy atom. The molecule has 1 heterocycles. The van der Waals surface area contributed by atoms with Gasteiger partial charge in [0.15, 0.2) is 0 Å². The summed E-state index contributed by atoms with van der Waals surface area (Å²) in [6.07, 6.45) is 3.53. The monoisotopic (exact) mass is 188 g/mol. The van der Waals surface area contributed by atoms with Crippen molar-refractivity contribution in [1.29, 1.82) is 0 Å². The Morgan fingerprint density at radius 1 is 1.57 bits per heavy atom. The lowest BCUT2D eigenvalue weighted by Gasteiger charge is -2.08. The summed E-state index contributed by atoms with van der Waals surface area (Å²) < 4.78 is 5.41. The molecule has 1 aromatic carbocycles. The van der Waals surface area contributed by atoms with Gasteiger partial charge in [-0.1, -0.05) is 12.7 Å². The number of ether oxygens (including phenoxy) is 1. The summed E-state index contributed by atoms with van der Waals surface area (Å²) in [5, 5.41) is 0. The van der Waals surface area contributed by atoms with Gasteiger partial charge in [0.2, 0.25) is 0 Å². The van der Waals surface area contributed by atoms with Crippen molar-refractivity contribution in [3.63, 3.8) is 0 Å². The van der Waals surface area contributed by atoms with Crippen LogP contribution in [0.5, 0.6) is 5.75 Å². The second kappa shape index (κ2) is 3.54. The molecule has 3 heteroatoms. The topological polar surface area (TPSA) is 47.6 Å². The van der Waals surface area contributed by atoms with Gasteiger partial charge in [-0.2, -0.15) is 0 Å². The molecule has 0 radical (unpaired) electrons. The van der Waals surface area contributed by atoms with E-state index in [1.165, 1.54) is 5.56 Å². The molecule has 0 fully saturated rings. The number of nitrogens with two attached hydrogens (primary N) is 1. The summed E-state index contributed by atoms with van der Waals surface area (Å²) in [5.74, 6) is 0.717. The molecule has 0 amide bonds. The Morgan fingerprint density at radius 3 is 3.21 bits per heavy atom. The van der Waals surface area contributed by atoms with Crippen LogP contribution in [0.15, 0.2) is 29.8 Å². The zero-order valence-electron chi connectivity index (χ0n) is 7.86. The van der Waals surface area contributed by atoms with Crippen LogP contribution in [-0.4, -0.2) is 12.8 Å². The predicted molar refractivity (Wildman–Crippen MR) is 57.8 cm³/mol. The first-order valence-corrected chi connectivity index (χ1v) is 4.47. The molecule has 0 saturated heterocycles. The smallest absolute Gasteiger partial charge is 0.143 e. The van der Waals surface area contributed by atoms with Gasteiger partial charge in [0.1, 0.15) is 12.4 Å². The summed E-state index contributed by atoms with van der Waals surface area (Å²) in [5.41, 5.74) is 8.72. The van der Waals surface area contributed by atoms with Crippen molar-refractivity contribution in [1.82, 2.24) is 0 Å². The molecule has 0 spiro atoms. The standard InChI is InChI=1S/C11H12N2O/c1-2-3-14-11-5-9-7-13-6-8(9)4-10(11)12/h2,4-6H,1,3,7,12H2. The van der Waals surface area contributed by atoms with Gasteiger partial charge in [0.25, 0.3) is 0 Å². The lowest BCUT2D eigenvalue weighted by atomic mass is 10.1. The molecule has 2 rings (SSSR count). The first-order chi connectivity index (χ1) is 6.81. The van der Waals surface area contributed by atoms with Gasteiger partial charge in [-0.25, -0.2) is 0 Å². The zero-order valence-corrected chi connectivity index (χ0v) is 7.86. The Balaban J connectivity index is 2.30. The average molecular weight is 188 g/mol. The van der Waals surface area contributed by atoms with Gasteiger partial charge in [-0.3, -0.25) is 4.99 Å². The molecule has 0 aliphatic carbocycles. The Kier molecular flexibility index (Phi) is 2.23. The minimum Gasteiger partial charge on any atom is -0.487 e. The molecule has 14 heavy (non-hydrogen) atoms. The number of rotatable bonds is 3. The van der Waals surface area contributed by atoms with Crippen molar-refractivity contribution in [2.24, 2.45) is 4.99 Å². The largest absolute Gasteiger partial charge is 0.487 e. The number of nitrogen functional groups attached to an aromatic ring is 1. The van der Waals surface area contributed by atoms with Crippen molar-refractivity contribution in [2.45, 2.75) is 6.54 Å². The summed E-state index contributed by atoms with van der Waals surface area (Å²) in [6, 6.07) is 3.84. The van der Waals surface area contributed by atoms with E-state index in [1.807, 2.05) is 18.3 Å². The van der Waals surface area contributed by atoms with Crippen molar-refractivity contribution in [2.75, 3.05) is 12.3 Å². The maximum atomic E-state index is 5.81. The number of hydrogen-bond acceptors (Lipinski definition) is 3. The van der Waals surface area contributed by atoms with Crippen LogP contribution in [0, 0.1) is 0 Å². The third-order valence-electron chi connectivity index (χ3n) is 2.12. The highest BCUT2D eigenvalue weighted by Crippen LogP contribution is 2.28. The first kappa shape index (κ1) is 8.81. The Hall–Kier alpha value is -1.77. The van der Waals surface area contributed by atoms with E-state index in [4.69, 9.17) is 10.5 Å². The van der Waals surface area contributed by atoms with Gasteiger partial charge >= 0.3 is 0 Å². The molecular formula is C11H12N2O. The number of fused-ring (bicyclic) bond motifs is 1. The minimum atomic E-state index is 0.476. The normalized spacial score (nSPS) is 12.6. The van der Waals surface area contributed by atoms with Crippen LogP contribution in [0.2, 0.25) is 0 Å². The Labute approximate surface area is 82.9 Å². The highest BCUT2D eigenvalue weighted by atomic mass is 16.5. The molecular weight excluding hydrogens is 176 g/mol. The molecule has 3 nitrogen and oxygen atoms in total. The summed E-state index contributed by atoms with van der Waals surface area (Å²) in [4.78, 5) is 4.16. The van der Waals surface area contributed by atoms with Gasteiger partial charge in [0, 0.05) is 6.21 Å². The second-order valence-corrected chi connectivity index (χ2v) is 3.16. The summed E-state index contributed by atoms with van der Waals surface area (Å²) in [6.45, 7) is 4.79. The molecule has 1 aromatic rings. The van der Waals surface area contributed by atoms with Crippen molar-refractivity contribution in [3.8, 4) is 5.75 Å². The third kappa shape index (κ3) is 1.48. The molecule has 1 aliphatic rings. The lowest BCUT2D eigenvalue weighted by Crippen LogP contribution is -1.99. The molecule has 2 N–H and O–H groups in total. The fourth-order valence-corrected chi connectivity index (χ4v) is 1.43. The maximum absolute atomic E-state index is 5.81. The first-order valence-electron chi connectivity index (χ1n) is 4.47. The van der Waals surface area contributed by atoms with Crippen LogP contribution in [-0.2, 0) is 6.54 Å². The van der Waals surface area contributed by atoms with Gasteiger partial charge in [-0.05, 0) is 23.3 Å². The summed E-state index contributed by atoms with van der Waals surface area (Å²) >= 11 is 0. The van der Waals surface area contributed by atoms with E-state index in [0.29, 0.717) is 18.0 Å². The average Bonchev–Trinajstić information content (AvgIpc) is 2.61. The van der Waals surface area contributed by atoms with Gasteiger partial charge < -0.3 is 10.5 Å². The van der Waals surface area contributed by atoms with E-state index in [2.05, 4.69) is 11.6 Å². The molecule has 72 valence electrons. The minimum absolute atomic E-state index is 0.476. The van der Waals surface area contributed by atoms with Crippen LogP contribution in [0.3, 0.4) is 0 Å². The van der Waals surface area contributed by atoms with Crippen molar-refractivity contribution < 1.29 is 4.74 Å².